The van der Waals surface area contributed by atoms with Gasteiger partial charge < -0.3 is 15.7 Å². The Morgan fingerprint density at radius 1 is 1.38 bits per heavy atom. The van der Waals surface area contributed by atoms with Crippen molar-refractivity contribution in [2.75, 3.05) is 26.2 Å². The number of amides is 2. The van der Waals surface area contributed by atoms with Gasteiger partial charge in [-0.15, -0.1) is 0 Å². The number of aliphatic hydroxyl groups is 1. The predicted octanol–water partition coefficient (Wildman–Crippen LogP) is 1.96. The quantitative estimate of drug-likeness (QED) is 0.642. The van der Waals surface area contributed by atoms with Gasteiger partial charge in [0.2, 0.25) is 0 Å². The minimum Gasteiger partial charge on any atom is -0.396 e. The number of rotatable bonds is 8. The van der Waals surface area contributed by atoms with Crippen LogP contribution in [-0.2, 0) is 0 Å². The van der Waals surface area contributed by atoms with Gasteiger partial charge in [0, 0.05) is 31.8 Å². The van der Waals surface area contributed by atoms with Crippen molar-refractivity contribution in [3.8, 4) is 0 Å². The van der Waals surface area contributed by atoms with Crippen molar-refractivity contribution in [3.63, 3.8) is 0 Å². The van der Waals surface area contributed by atoms with Gasteiger partial charge in [-0.3, -0.25) is 4.90 Å². The second kappa shape index (κ2) is 10.0. The molecule has 0 aliphatic carbocycles. The molecule has 2 amide bonds. The zero-order chi connectivity index (χ0) is 15.7. The van der Waals surface area contributed by atoms with E-state index in [-0.39, 0.29) is 18.7 Å². The lowest BCUT2D eigenvalue weighted by Crippen LogP contribution is -2.48. The SMILES string of the molecule is CCC1CCCCN1CCNC(=O)NC(CCO)C(C)C. The zero-order valence-corrected chi connectivity index (χ0v) is 13.9. The molecule has 0 radical (unpaired) electrons. The van der Waals surface area contributed by atoms with Crippen molar-refractivity contribution in [2.45, 2.75) is 65.0 Å². The number of carbonyl (C=O) groups excluding carboxylic acids is 1. The fourth-order valence-electron chi connectivity index (χ4n) is 3.06. The maximum Gasteiger partial charge on any atom is 0.315 e. The van der Waals surface area contributed by atoms with Gasteiger partial charge in [0.15, 0.2) is 0 Å². The number of nitrogens with zero attached hydrogens (tertiary/aromatic N) is 1. The first kappa shape index (κ1) is 18.2. The molecule has 1 heterocycles. The van der Waals surface area contributed by atoms with Gasteiger partial charge in [-0.2, -0.15) is 0 Å². The molecule has 124 valence electrons. The summed E-state index contributed by atoms with van der Waals surface area (Å²) in [5.41, 5.74) is 0. The molecule has 0 aromatic rings. The summed E-state index contributed by atoms with van der Waals surface area (Å²) in [7, 11) is 0. The number of nitrogens with one attached hydrogen (secondary N) is 2. The molecular weight excluding hydrogens is 266 g/mol. The molecule has 0 aromatic heterocycles. The largest absolute Gasteiger partial charge is 0.396 e. The lowest BCUT2D eigenvalue weighted by molar-refractivity contribution is 0.145. The van der Waals surface area contributed by atoms with E-state index in [1.807, 2.05) is 0 Å². The average molecular weight is 299 g/mol. The van der Waals surface area contributed by atoms with E-state index < -0.39 is 0 Å². The molecule has 0 bridgehead atoms. The van der Waals surface area contributed by atoms with E-state index in [9.17, 15) is 4.79 Å². The van der Waals surface area contributed by atoms with Crippen molar-refractivity contribution in [1.29, 1.82) is 0 Å². The summed E-state index contributed by atoms with van der Waals surface area (Å²) in [4.78, 5) is 14.4. The summed E-state index contributed by atoms with van der Waals surface area (Å²) in [6.45, 7) is 9.23. The Kier molecular flexibility index (Phi) is 8.69. The highest BCUT2D eigenvalue weighted by Crippen LogP contribution is 2.18. The number of likely N-dealkylation sites (tertiary alicyclic amines) is 1. The highest BCUT2D eigenvalue weighted by molar-refractivity contribution is 5.74. The molecule has 1 fully saturated rings. The lowest BCUT2D eigenvalue weighted by Gasteiger charge is -2.35. The maximum atomic E-state index is 11.9. The molecule has 0 saturated carbocycles. The Bertz CT molecular complexity index is 297. The van der Waals surface area contributed by atoms with Crippen LogP contribution in [-0.4, -0.2) is 54.4 Å². The molecule has 1 saturated heterocycles. The van der Waals surface area contributed by atoms with E-state index in [1.54, 1.807) is 0 Å². The van der Waals surface area contributed by atoms with E-state index in [0.717, 1.165) is 13.1 Å². The van der Waals surface area contributed by atoms with Crippen molar-refractivity contribution < 1.29 is 9.90 Å². The Morgan fingerprint density at radius 3 is 2.76 bits per heavy atom. The molecule has 3 N–H and O–H groups in total. The van der Waals surface area contributed by atoms with Crippen molar-refractivity contribution in [2.24, 2.45) is 5.92 Å². The molecule has 1 aliphatic heterocycles. The van der Waals surface area contributed by atoms with Crippen LogP contribution in [0.4, 0.5) is 4.79 Å². The fourth-order valence-corrected chi connectivity index (χ4v) is 3.06. The van der Waals surface area contributed by atoms with Crippen LogP contribution in [0.15, 0.2) is 0 Å². The highest BCUT2D eigenvalue weighted by Gasteiger charge is 2.20. The van der Waals surface area contributed by atoms with E-state index >= 15 is 0 Å². The number of aliphatic hydroxyl groups excluding tert-OH is 1. The molecule has 21 heavy (non-hydrogen) atoms. The second-order valence-corrected chi connectivity index (χ2v) is 6.36. The van der Waals surface area contributed by atoms with Crippen LogP contribution in [0, 0.1) is 5.92 Å². The third-order valence-electron chi connectivity index (χ3n) is 4.47. The van der Waals surface area contributed by atoms with Gasteiger partial charge in [-0.1, -0.05) is 27.2 Å². The van der Waals surface area contributed by atoms with Gasteiger partial charge in [-0.05, 0) is 38.1 Å². The number of hydrogen-bond acceptors (Lipinski definition) is 3. The summed E-state index contributed by atoms with van der Waals surface area (Å²) < 4.78 is 0. The van der Waals surface area contributed by atoms with Crippen molar-refractivity contribution >= 4 is 6.03 Å². The van der Waals surface area contributed by atoms with Crippen molar-refractivity contribution in [3.05, 3.63) is 0 Å². The summed E-state index contributed by atoms with van der Waals surface area (Å²) in [6.07, 6.45) is 5.69. The minimum absolute atomic E-state index is 0.0355. The first-order chi connectivity index (χ1) is 10.1. The van der Waals surface area contributed by atoms with Crippen LogP contribution < -0.4 is 10.6 Å². The summed E-state index contributed by atoms with van der Waals surface area (Å²) >= 11 is 0. The van der Waals surface area contributed by atoms with E-state index in [1.165, 1.54) is 25.7 Å². The van der Waals surface area contributed by atoms with E-state index in [2.05, 4.69) is 36.3 Å². The Hall–Kier alpha value is -0.810. The molecular formula is C16H33N3O2. The van der Waals surface area contributed by atoms with Crippen molar-refractivity contribution in [1.82, 2.24) is 15.5 Å². The highest BCUT2D eigenvalue weighted by atomic mass is 16.3. The van der Waals surface area contributed by atoms with E-state index in [0.29, 0.717) is 24.9 Å². The Labute approximate surface area is 129 Å². The van der Waals surface area contributed by atoms with Gasteiger partial charge in [0.25, 0.3) is 0 Å². The lowest BCUT2D eigenvalue weighted by atomic mass is 10.0. The second-order valence-electron chi connectivity index (χ2n) is 6.36. The summed E-state index contributed by atoms with van der Waals surface area (Å²) in [6, 6.07) is 0.599. The molecule has 5 nitrogen and oxygen atoms in total. The number of piperidine rings is 1. The number of carbonyl (C=O) groups is 1. The molecule has 2 unspecified atom stereocenters. The van der Waals surface area contributed by atoms with Crippen LogP contribution in [0.3, 0.4) is 0 Å². The van der Waals surface area contributed by atoms with Crippen LogP contribution in [0.25, 0.3) is 0 Å². The molecule has 0 spiro atoms. The standard InChI is InChI=1S/C16H33N3O2/c1-4-14-7-5-6-10-19(14)11-9-17-16(21)18-15(8-12-20)13(2)3/h13-15,20H,4-12H2,1-3H3,(H2,17,18,21). The topological polar surface area (TPSA) is 64.6 Å². The minimum atomic E-state index is -0.118. The van der Waals surface area contributed by atoms with Crippen LogP contribution >= 0.6 is 0 Å². The van der Waals surface area contributed by atoms with E-state index in [4.69, 9.17) is 5.11 Å². The third-order valence-corrected chi connectivity index (χ3v) is 4.47. The zero-order valence-electron chi connectivity index (χ0n) is 13.9. The number of hydrogen-bond donors (Lipinski definition) is 3. The molecule has 5 heteroatoms. The molecule has 1 rings (SSSR count). The smallest absolute Gasteiger partial charge is 0.315 e. The number of urea groups is 1. The maximum absolute atomic E-state index is 11.9. The molecule has 2 atom stereocenters. The van der Waals surface area contributed by atoms with Gasteiger partial charge in [0.1, 0.15) is 0 Å². The normalized spacial score (nSPS) is 21.3. The van der Waals surface area contributed by atoms with Gasteiger partial charge in [-0.25, -0.2) is 4.79 Å². The summed E-state index contributed by atoms with van der Waals surface area (Å²) in [5.74, 6) is 0.328. The van der Waals surface area contributed by atoms with Crippen LogP contribution in [0.1, 0.15) is 52.9 Å². The Balaban J connectivity index is 2.25. The first-order valence-electron chi connectivity index (χ1n) is 8.47. The summed E-state index contributed by atoms with van der Waals surface area (Å²) in [5, 5.41) is 14.9. The fraction of sp³-hybridized carbons (Fsp3) is 0.938. The van der Waals surface area contributed by atoms with Gasteiger partial charge >= 0.3 is 6.03 Å². The van der Waals surface area contributed by atoms with Crippen LogP contribution in [0.2, 0.25) is 0 Å². The Morgan fingerprint density at radius 2 is 2.14 bits per heavy atom. The van der Waals surface area contributed by atoms with Gasteiger partial charge in [0.05, 0.1) is 0 Å². The third kappa shape index (κ3) is 6.66. The van der Waals surface area contributed by atoms with Crippen LogP contribution in [0.5, 0.6) is 0 Å². The molecule has 1 aliphatic rings. The first-order valence-corrected chi connectivity index (χ1v) is 8.47. The average Bonchev–Trinajstić information content (AvgIpc) is 2.47. The molecule has 0 aromatic carbocycles. The monoisotopic (exact) mass is 299 g/mol. The predicted molar refractivity (Wildman–Crippen MR) is 86.4 cm³/mol.